The summed E-state index contributed by atoms with van der Waals surface area (Å²) in [5.41, 5.74) is 5.23. The van der Waals surface area contributed by atoms with Crippen LogP contribution in [0.1, 0.15) is 19.8 Å². The number of rotatable bonds is 5. The zero-order chi connectivity index (χ0) is 14.6. The van der Waals surface area contributed by atoms with E-state index in [9.17, 15) is 13.6 Å². The monoisotopic (exact) mass is 350 g/mol. The summed E-state index contributed by atoms with van der Waals surface area (Å²) >= 11 is 7.65. The number of hydrogen-bond acceptors (Lipinski definition) is 2. The van der Waals surface area contributed by atoms with Crippen molar-refractivity contribution in [2.45, 2.75) is 19.8 Å². The Balaban J connectivity index is 2.92. The minimum absolute atomic E-state index is 0.0116. The van der Waals surface area contributed by atoms with Gasteiger partial charge >= 0.3 is 0 Å². The van der Waals surface area contributed by atoms with Gasteiger partial charge in [-0.3, -0.25) is 4.79 Å². The second kappa shape index (κ2) is 6.91. The lowest BCUT2D eigenvalue weighted by molar-refractivity contribution is -0.118. The van der Waals surface area contributed by atoms with Crippen LogP contribution in [0.4, 0.5) is 14.5 Å². The fraction of sp³-hybridized carbons (Fsp3) is 0.333. The molecular weight excluding hydrogens is 338 g/mol. The fourth-order valence-electron chi connectivity index (χ4n) is 1.53. The number of carbonyl (C=O) groups excluding carboxylic acids is 1. The highest BCUT2D eigenvalue weighted by molar-refractivity contribution is 9.10. The Bertz CT molecular complexity index is 511. The number of anilines is 1. The van der Waals surface area contributed by atoms with Gasteiger partial charge in [-0.15, -0.1) is 0 Å². The zero-order valence-corrected chi connectivity index (χ0v) is 12.6. The summed E-state index contributed by atoms with van der Waals surface area (Å²) in [6.45, 7) is 1.87. The van der Waals surface area contributed by atoms with E-state index in [0.717, 1.165) is 12.1 Å². The third kappa shape index (κ3) is 4.21. The summed E-state index contributed by atoms with van der Waals surface area (Å²) in [6.07, 6.45) is 1.16. The molecule has 0 aliphatic carbocycles. The summed E-state index contributed by atoms with van der Waals surface area (Å²) in [6, 6.07) is 1.85. The van der Waals surface area contributed by atoms with Crippen molar-refractivity contribution in [3.05, 3.63) is 28.2 Å². The first-order valence-corrected chi connectivity index (χ1v) is 6.81. The Morgan fingerprint density at radius 1 is 1.47 bits per heavy atom. The summed E-state index contributed by atoms with van der Waals surface area (Å²) in [5, 5.41) is 2.30. The molecule has 0 fully saturated rings. The molecule has 0 heterocycles. The number of hydrogen-bond donors (Lipinski definition) is 2. The normalized spacial score (nSPS) is 12.0. The number of halogens is 3. The van der Waals surface area contributed by atoms with E-state index in [1.807, 2.05) is 6.92 Å². The molecule has 3 nitrogen and oxygen atoms in total. The maximum Gasteiger partial charge on any atom is 0.234 e. The van der Waals surface area contributed by atoms with Crippen LogP contribution in [0.3, 0.4) is 0 Å². The molecule has 1 amide bonds. The molecule has 1 atom stereocenters. The van der Waals surface area contributed by atoms with Gasteiger partial charge in [0, 0.05) is 6.07 Å². The lowest BCUT2D eigenvalue weighted by Crippen LogP contribution is -2.33. The third-order valence-electron chi connectivity index (χ3n) is 2.51. The molecule has 0 spiro atoms. The minimum Gasteiger partial charge on any atom is -0.393 e. The summed E-state index contributed by atoms with van der Waals surface area (Å²) in [4.78, 5) is 12.0. The molecule has 3 N–H and O–H groups in total. The molecule has 104 valence electrons. The van der Waals surface area contributed by atoms with Crippen molar-refractivity contribution in [1.82, 2.24) is 0 Å². The minimum atomic E-state index is -0.736. The van der Waals surface area contributed by atoms with E-state index in [-0.39, 0.29) is 15.1 Å². The van der Waals surface area contributed by atoms with Crippen molar-refractivity contribution in [2.24, 2.45) is 11.7 Å². The third-order valence-corrected chi connectivity index (χ3v) is 3.40. The Kier molecular flexibility index (Phi) is 5.81. The first kappa shape index (κ1) is 16.0. The number of nitrogens with one attached hydrogen (secondary N) is 1. The van der Waals surface area contributed by atoms with Crippen LogP contribution < -0.4 is 11.1 Å². The highest BCUT2D eigenvalue weighted by Crippen LogP contribution is 2.24. The first-order valence-electron chi connectivity index (χ1n) is 5.61. The lowest BCUT2D eigenvalue weighted by atomic mass is 10.0. The molecule has 1 aromatic rings. The number of amides is 1. The lowest BCUT2D eigenvalue weighted by Gasteiger charge is -2.15. The van der Waals surface area contributed by atoms with Gasteiger partial charge in [0.05, 0.1) is 21.1 Å². The van der Waals surface area contributed by atoms with Gasteiger partial charge in [-0.25, -0.2) is 8.78 Å². The predicted octanol–water partition coefficient (Wildman–Crippen LogP) is 3.37. The van der Waals surface area contributed by atoms with Gasteiger partial charge in [0.25, 0.3) is 0 Å². The Morgan fingerprint density at radius 3 is 2.63 bits per heavy atom. The average Bonchev–Trinajstić information content (AvgIpc) is 2.32. The van der Waals surface area contributed by atoms with Gasteiger partial charge in [-0.2, -0.15) is 0 Å². The van der Waals surface area contributed by atoms with Crippen LogP contribution in [-0.2, 0) is 4.79 Å². The van der Waals surface area contributed by atoms with Gasteiger partial charge in [-0.05, 0) is 28.4 Å². The van der Waals surface area contributed by atoms with Crippen LogP contribution in [0.15, 0.2) is 16.6 Å². The molecule has 1 unspecified atom stereocenters. The molecule has 0 bridgehead atoms. The first-order chi connectivity index (χ1) is 8.86. The fourth-order valence-corrected chi connectivity index (χ4v) is 2.07. The molecule has 1 rings (SSSR count). The molecule has 0 aliphatic rings. The van der Waals surface area contributed by atoms with Crippen molar-refractivity contribution in [3.63, 3.8) is 0 Å². The molecule has 0 radical (unpaired) electrons. The number of nitrogens with two attached hydrogens (primary N) is 1. The maximum absolute atomic E-state index is 13.6. The van der Waals surface area contributed by atoms with Gasteiger partial charge in [-0.1, -0.05) is 25.6 Å². The second-order valence-corrected chi connectivity index (χ2v) is 5.30. The molecule has 0 saturated heterocycles. The van der Waals surface area contributed by atoms with Gasteiger partial charge in [0.2, 0.25) is 5.91 Å². The van der Waals surface area contributed by atoms with Crippen molar-refractivity contribution in [1.29, 1.82) is 0 Å². The van der Waals surface area contributed by atoms with Gasteiger partial charge < -0.3 is 11.1 Å². The highest BCUT2D eigenvalue weighted by atomic mass is 79.9. The van der Waals surface area contributed by atoms with Crippen LogP contribution in [0.2, 0.25) is 0 Å². The van der Waals surface area contributed by atoms with Crippen LogP contribution in [0, 0.1) is 17.6 Å². The van der Waals surface area contributed by atoms with Crippen LogP contribution in [-0.4, -0.2) is 10.9 Å². The standard InChI is InChI=1S/C12H13BrF2N2OS/c1-2-3-6(11(16)19)12(18)17-10-5-8(14)7(13)4-9(10)15/h4-6H,2-3H2,1H3,(H2,16,19)(H,17,18). The van der Waals surface area contributed by atoms with Crippen LogP contribution in [0.5, 0.6) is 0 Å². The van der Waals surface area contributed by atoms with E-state index < -0.39 is 23.5 Å². The molecule has 19 heavy (non-hydrogen) atoms. The molecule has 0 saturated carbocycles. The SMILES string of the molecule is CCCC(C(=O)Nc1cc(F)c(Br)cc1F)C(N)=S. The van der Waals surface area contributed by atoms with Gasteiger partial charge in [0.15, 0.2) is 0 Å². The number of thiocarbonyl (C=S) groups is 1. The maximum atomic E-state index is 13.6. The zero-order valence-electron chi connectivity index (χ0n) is 10.2. The summed E-state index contributed by atoms with van der Waals surface area (Å²) < 4.78 is 26.9. The van der Waals surface area contributed by atoms with Crippen LogP contribution >= 0.6 is 28.1 Å². The molecular formula is C12H13BrF2N2OS. The topological polar surface area (TPSA) is 55.1 Å². The van der Waals surface area contributed by atoms with Crippen molar-refractivity contribution in [2.75, 3.05) is 5.32 Å². The predicted molar refractivity (Wildman–Crippen MR) is 77.9 cm³/mol. The molecule has 0 aliphatic heterocycles. The van der Waals surface area contributed by atoms with Gasteiger partial charge in [0.1, 0.15) is 11.6 Å². The molecule has 1 aromatic carbocycles. The second-order valence-electron chi connectivity index (χ2n) is 3.98. The van der Waals surface area contributed by atoms with E-state index in [1.54, 1.807) is 0 Å². The molecule has 7 heteroatoms. The summed E-state index contributed by atoms with van der Waals surface area (Å²) in [5.74, 6) is -2.63. The highest BCUT2D eigenvalue weighted by Gasteiger charge is 2.22. The van der Waals surface area contributed by atoms with Crippen molar-refractivity contribution in [3.8, 4) is 0 Å². The van der Waals surface area contributed by atoms with Crippen molar-refractivity contribution < 1.29 is 13.6 Å². The Labute approximate surface area is 123 Å². The van der Waals surface area contributed by atoms with Crippen molar-refractivity contribution >= 4 is 44.7 Å². The van der Waals surface area contributed by atoms with E-state index in [0.29, 0.717) is 12.8 Å². The van der Waals surface area contributed by atoms with Crippen LogP contribution in [0.25, 0.3) is 0 Å². The van der Waals surface area contributed by atoms with E-state index in [1.165, 1.54) is 0 Å². The quantitative estimate of drug-likeness (QED) is 0.632. The largest absolute Gasteiger partial charge is 0.393 e. The van der Waals surface area contributed by atoms with E-state index >= 15 is 0 Å². The summed E-state index contributed by atoms with van der Waals surface area (Å²) in [7, 11) is 0. The number of carbonyl (C=O) groups is 1. The average molecular weight is 351 g/mol. The number of benzene rings is 1. The van der Waals surface area contributed by atoms with E-state index in [2.05, 4.69) is 21.2 Å². The molecule has 0 aromatic heterocycles. The smallest absolute Gasteiger partial charge is 0.234 e. The Hall–Kier alpha value is -1.08. The Morgan fingerprint density at radius 2 is 2.11 bits per heavy atom. The van der Waals surface area contributed by atoms with E-state index in [4.69, 9.17) is 18.0 Å².